The highest BCUT2D eigenvalue weighted by Crippen LogP contribution is 2.29. The van der Waals surface area contributed by atoms with Crippen molar-refractivity contribution in [2.45, 2.75) is 31.7 Å². The van der Waals surface area contributed by atoms with Gasteiger partial charge >= 0.3 is 6.18 Å². The topological polar surface area (TPSA) is 32.3 Å². The molecule has 0 fully saturated rings. The second-order valence-corrected chi connectivity index (χ2v) is 6.02. The Kier molecular flexibility index (Phi) is 5.91. The average molecular weight is 307 g/mol. The van der Waals surface area contributed by atoms with E-state index in [1.165, 1.54) is 12.1 Å². The number of thioether (sulfide) groups is 1. The van der Waals surface area contributed by atoms with Gasteiger partial charge in [0.15, 0.2) is 0 Å². The Morgan fingerprint density at radius 1 is 1.25 bits per heavy atom. The van der Waals surface area contributed by atoms with E-state index in [0.29, 0.717) is 12.3 Å². The van der Waals surface area contributed by atoms with Crippen molar-refractivity contribution < 1.29 is 18.3 Å². The largest absolute Gasteiger partial charge is 0.416 e. The zero-order chi connectivity index (χ0) is 15.4. The van der Waals surface area contributed by atoms with Crippen LogP contribution >= 0.6 is 11.8 Å². The molecule has 2 atom stereocenters. The normalized spacial score (nSPS) is 16.8. The molecule has 0 aliphatic carbocycles. The molecule has 0 spiro atoms. The van der Waals surface area contributed by atoms with Crippen LogP contribution in [0.25, 0.3) is 0 Å². The lowest BCUT2D eigenvalue weighted by molar-refractivity contribution is -0.137. The van der Waals surface area contributed by atoms with Crippen LogP contribution in [0.4, 0.5) is 13.2 Å². The number of alkyl halides is 3. The van der Waals surface area contributed by atoms with Gasteiger partial charge in [-0.05, 0) is 37.8 Å². The first-order chi connectivity index (χ1) is 9.15. The summed E-state index contributed by atoms with van der Waals surface area (Å²) in [5, 5.41) is 13.2. The fraction of sp³-hybridized carbons (Fsp3) is 0.571. The fourth-order valence-electron chi connectivity index (χ4n) is 1.81. The first kappa shape index (κ1) is 17.3. The molecule has 0 bridgehead atoms. The minimum atomic E-state index is -4.31. The number of aliphatic hydroxyl groups is 1. The zero-order valence-electron chi connectivity index (χ0n) is 11.8. The van der Waals surface area contributed by atoms with Crippen LogP contribution in [0.15, 0.2) is 24.3 Å². The number of halogens is 3. The summed E-state index contributed by atoms with van der Waals surface area (Å²) in [7, 11) is 0. The van der Waals surface area contributed by atoms with E-state index in [-0.39, 0.29) is 6.04 Å². The molecule has 6 heteroatoms. The van der Waals surface area contributed by atoms with Gasteiger partial charge in [-0.25, -0.2) is 0 Å². The van der Waals surface area contributed by atoms with Crippen molar-refractivity contribution in [3.05, 3.63) is 35.4 Å². The van der Waals surface area contributed by atoms with Gasteiger partial charge in [0.1, 0.15) is 0 Å². The molecule has 1 rings (SSSR count). The van der Waals surface area contributed by atoms with Gasteiger partial charge in [-0.2, -0.15) is 24.9 Å². The van der Waals surface area contributed by atoms with Gasteiger partial charge in [-0.3, -0.25) is 0 Å². The molecular weight excluding hydrogens is 287 g/mol. The lowest BCUT2D eigenvalue weighted by atomic mass is 10.0. The van der Waals surface area contributed by atoms with Crippen molar-refractivity contribution in [1.82, 2.24) is 5.32 Å². The smallest absolute Gasteiger partial charge is 0.388 e. The second kappa shape index (κ2) is 6.83. The molecule has 0 aromatic heterocycles. The summed E-state index contributed by atoms with van der Waals surface area (Å²) >= 11 is 1.55. The molecule has 1 aromatic rings. The highest BCUT2D eigenvalue weighted by atomic mass is 32.2. The molecule has 0 saturated heterocycles. The van der Waals surface area contributed by atoms with Gasteiger partial charge in [-0.15, -0.1) is 0 Å². The Bertz CT molecular complexity index is 417. The Morgan fingerprint density at radius 2 is 1.80 bits per heavy atom. The summed E-state index contributed by atoms with van der Waals surface area (Å²) in [5.41, 5.74) is -0.722. The van der Waals surface area contributed by atoms with Crippen LogP contribution in [0.5, 0.6) is 0 Å². The first-order valence-electron chi connectivity index (χ1n) is 6.27. The van der Waals surface area contributed by atoms with Crippen molar-refractivity contribution in [3.8, 4) is 0 Å². The molecule has 20 heavy (non-hydrogen) atoms. The summed E-state index contributed by atoms with van der Waals surface area (Å²) < 4.78 is 37.4. The molecule has 0 saturated carbocycles. The highest BCUT2D eigenvalue weighted by molar-refractivity contribution is 7.98. The van der Waals surface area contributed by atoms with Crippen molar-refractivity contribution in [3.63, 3.8) is 0 Å². The van der Waals surface area contributed by atoms with Crippen LogP contribution < -0.4 is 5.32 Å². The molecule has 2 N–H and O–H groups in total. The van der Waals surface area contributed by atoms with Crippen molar-refractivity contribution in [2.75, 3.05) is 18.6 Å². The Labute approximate surface area is 121 Å². The Balaban J connectivity index is 2.62. The number of benzene rings is 1. The molecule has 0 heterocycles. The van der Waals surface area contributed by atoms with Crippen LogP contribution in [0.1, 0.15) is 31.0 Å². The number of hydrogen-bond donors (Lipinski definition) is 2. The standard InChI is InChI=1S/C14H20F3NOS/c1-10(18-8-13(2,19)9-20-3)11-4-6-12(7-5-11)14(15,16)17/h4-7,10,18-19H,8-9H2,1-3H3. The van der Waals surface area contributed by atoms with E-state index in [9.17, 15) is 18.3 Å². The number of hydrogen-bond acceptors (Lipinski definition) is 3. The summed E-state index contributed by atoms with van der Waals surface area (Å²) in [6.45, 7) is 3.98. The van der Waals surface area contributed by atoms with E-state index in [4.69, 9.17) is 0 Å². The molecule has 0 aliphatic heterocycles. The molecule has 0 radical (unpaired) electrons. The highest BCUT2D eigenvalue weighted by Gasteiger charge is 2.30. The lowest BCUT2D eigenvalue weighted by Crippen LogP contribution is -2.40. The maximum absolute atomic E-state index is 12.5. The van der Waals surface area contributed by atoms with E-state index in [2.05, 4.69) is 5.32 Å². The maximum Gasteiger partial charge on any atom is 0.416 e. The van der Waals surface area contributed by atoms with Gasteiger partial charge in [-0.1, -0.05) is 12.1 Å². The van der Waals surface area contributed by atoms with Gasteiger partial charge < -0.3 is 10.4 Å². The van der Waals surface area contributed by atoms with E-state index < -0.39 is 17.3 Å². The summed E-state index contributed by atoms with van der Waals surface area (Å²) in [5.74, 6) is 0.597. The molecule has 2 nitrogen and oxygen atoms in total. The molecule has 0 aliphatic rings. The van der Waals surface area contributed by atoms with Crippen LogP contribution in [-0.4, -0.2) is 29.3 Å². The maximum atomic E-state index is 12.5. The lowest BCUT2D eigenvalue weighted by Gasteiger charge is -2.25. The predicted molar refractivity (Wildman–Crippen MR) is 76.9 cm³/mol. The quantitative estimate of drug-likeness (QED) is 0.844. The molecule has 1 aromatic carbocycles. The monoisotopic (exact) mass is 307 g/mol. The van der Waals surface area contributed by atoms with E-state index in [0.717, 1.165) is 17.7 Å². The van der Waals surface area contributed by atoms with Crippen LogP contribution in [0.3, 0.4) is 0 Å². The van der Waals surface area contributed by atoms with Crippen molar-refractivity contribution >= 4 is 11.8 Å². The molecule has 2 unspecified atom stereocenters. The van der Waals surface area contributed by atoms with E-state index in [1.54, 1.807) is 18.7 Å². The van der Waals surface area contributed by atoms with Gasteiger partial charge in [0.25, 0.3) is 0 Å². The number of rotatable bonds is 6. The first-order valence-corrected chi connectivity index (χ1v) is 7.67. The SMILES string of the molecule is CSCC(C)(O)CNC(C)c1ccc(C(F)(F)F)cc1. The number of nitrogens with one attached hydrogen (secondary N) is 1. The Hall–Kier alpha value is -0.720. The van der Waals surface area contributed by atoms with Gasteiger partial charge in [0.05, 0.1) is 11.2 Å². The zero-order valence-corrected chi connectivity index (χ0v) is 12.6. The molecule has 0 amide bonds. The van der Waals surface area contributed by atoms with Gasteiger partial charge in [0, 0.05) is 18.3 Å². The third-order valence-corrected chi connectivity index (χ3v) is 3.89. The third kappa shape index (κ3) is 5.34. The van der Waals surface area contributed by atoms with Crippen LogP contribution in [0, 0.1) is 0 Å². The van der Waals surface area contributed by atoms with Crippen LogP contribution in [0.2, 0.25) is 0 Å². The minimum absolute atomic E-state index is 0.120. The van der Waals surface area contributed by atoms with Crippen molar-refractivity contribution in [1.29, 1.82) is 0 Å². The van der Waals surface area contributed by atoms with E-state index >= 15 is 0 Å². The van der Waals surface area contributed by atoms with Gasteiger partial charge in [0.2, 0.25) is 0 Å². The fourth-order valence-corrected chi connectivity index (χ4v) is 2.54. The average Bonchev–Trinajstić information content (AvgIpc) is 2.35. The predicted octanol–water partition coefficient (Wildman–Crippen LogP) is 3.47. The second-order valence-electron chi connectivity index (χ2n) is 5.15. The van der Waals surface area contributed by atoms with E-state index in [1.807, 2.05) is 13.2 Å². The Morgan fingerprint density at radius 3 is 2.25 bits per heavy atom. The minimum Gasteiger partial charge on any atom is -0.388 e. The third-order valence-electron chi connectivity index (χ3n) is 2.98. The summed E-state index contributed by atoms with van der Waals surface area (Å²) in [4.78, 5) is 0. The summed E-state index contributed by atoms with van der Waals surface area (Å²) in [6.07, 6.45) is -2.40. The molecular formula is C14H20F3NOS. The van der Waals surface area contributed by atoms with Crippen LogP contribution in [-0.2, 0) is 6.18 Å². The van der Waals surface area contributed by atoms with Crippen molar-refractivity contribution in [2.24, 2.45) is 0 Å². The molecule has 114 valence electrons. The summed E-state index contributed by atoms with van der Waals surface area (Å²) in [6, 6.07) is 4.96.